The van der Waals surface area contributed by atoms with Gasteiger partial charge in [-0.25, -0.2) is 4.98 Å². The minimum absolute atomic E-state index is 0.0279. The summed E-state index contributed by atoms with van der Waals surface area (Å²) >= 11 is 12.0. The molecule has 11 heteroatoms. The molecule has 1 aliphatic carbocycles. The van der Waals surface area contributed by atoms with Crippen molar-refractivity contribution < 1.29 is 24.2 Å². The van der Waals surface area contributed by atoms with Gasteiger partial charge in [-0.1, -0.05) is 54.4 Å². The number of aliphatic carboxylic acids is 1. The van der Waals surface area contributed by atoms with E-state index in [0.29, 0.717) is 24.5 Å². The average molecular weight is 563 g/mol. The molecule has 4 rings (SSSR count). The van der Waals surface area contributed by atoms with Gasteiger partial charge in [-0.3, -0.25) is 14.4 Å². The smallest absolute Gasteiger partial charge is 0.304 e. The van der Waals surface area contributed by atoms with Crippen LogP contribution in [0.5, 0.6) is 5.88 Å². The van der Waals surface area contributed by atoms with Gasteiger partial charge in [0.15, 0.2) is 6.10 Å². The maximum Gasteiger partial charge on any atom is 0.304 e. The van der Waals surface area contributed by atoms with Gasteiger partial charge in [-0.05, 0) is 41.9 Å². The van der Waals surface area contributed by atoms with Gasteiger partial charge < -0.3 is 25.4 Å². The molecule has 3 N–H and O–H groups in total. The van der Waals surface area contributed by atoms with E-state index in [2.05, 4.69) is 20.5 Å². The number of halogens is 2. The highest BCUT2D eigenvalue weighted by atomic mass is 35.5. The number of ether oxygens (including phenoxy) is 1. The average Bonchev–Trinajstić information content (AvgIpc) is 2.82. The summed E-state index contributed by atoms with van der Waals surface area (Å²) in [6.45, 7) is 4.53. The predicted octanol–water partition coefficient (Wildman–Crippen LogP) is 3.46. The number of hydrogen-bond donors (Lipinski definition) is 3. The van der Waals surface area contributed by atoms with Gasteiger partial charge in [0, 0.05) is 38.4 Å². The van der Waals surface area contributed by atoms with Crippen LogP contribution in [0.25, 0.3) is 0 Å². The molecule has 1 atom stereocenters. The molecular weight excluding hydrogens is 531 g/mol. The lowest BCUT2D eigenvalue weighted by Gasteiger charge is -2.59. The van der Waals surface area contributed by atoms with Crippen molar-refractivity contribution in [3.8, 4) is 5.88 Å². The van der Waals surface area contributed by atoms with Gasteiger partial charge in [0.05, 0.1) is 17.9 Å². The van der Waals surface area contributed by atoms with Crippen LogP contribution in [0.2, 0.25) is 10.0 Å². The topological polar surface area (TPSA) is 121 Å². The Morgan fingerprint density at radius 3 is 2.63 bits per heavy atom. The van der Waals surface area contributed by atoms with E-state index in [0.717, 1.165) is 37.1 Å². The van der Waals surface area contributed by atoms with Gasteiger partial charge in [0.2, 0.25) is 11.8 Å². The van der Waals surface area contributed by atoms with E-state index in [-0.39, 0.29) is 47.0 Å². The second kappa shape index (κ2) is 12.3. The Kier molecular flexibility index (Phi) is 9.12. The number of carbonyl (C=O) groups excluding carboxylic acids is 2. The van der Waals surface area contributed by atoms with Crippen LogP contribution in [0.4, 0.5) is 0 Å². The Morgan fingerprint density at radius 2 is 1.95 bits per heavy atom. The van der Waals surface area contributed by atoms with Crippen molar-refractivity contribution in [2.24, 2.45) is 5.41 Å². The highest BCUT2D eigenvalue weighted by molar-refractivity contribution is 6.35. The molecule has 2 aromatic rings. The van der Waals surface area contributed by atoms with Crippen molar-refractivity contribution in [3.05, 3.63) is 57.7 Å². The maximum absolute atomic E-state index is 12.7. The number of carboxylic acids is 1. The van der Waals surface area contributed by atoms with E-state index >= 15 is 0 Å². The highest BCUT2D eigenvalue weighted by Crippen LogP contribution is 2.48. The van der Waals surface area contributed by atoms with Gasteiger partial charge in [-0.2, -0.15) is 0 Å². The Hall–Kier alpha value is -2.88. The first-order valence-corrected chi connectivity index (χ1v) is 13.5. The zero-order valence-corrected chi connectivity index (χ0v) is 22.7. The van der Waals surface area contributed by atoms with E-state index in [1.54, 1.807) is 0 Å². The van der Waals surface area contributed by atoms with Crippen LogP contribution in [0.1, 0.15) is 43.7 Å². The minimum Gasteiger partial charge on any atom is -0.481 e. The second-order valence-electron chi connectivity index (χ2n) is 10.2. The van der Waals surface area contributed by atoms with Gasteiger partial charge in [0.25, 0.3) is 5.91 Å². The van der Waals surface area contributed by atoms with Gasteiger partial charge in [-0.15, -0.1) is 0 Å². The number of nitrogens with zero attached hydrogens (tertiary/aromatic N) is 2. The summed E-state index contributed by atoms with van der Waals surface area (Å²) in [7, 11) is 0. The molecule has 2 heterocycles. The first-order valence-electron chi connectivity index (χ1n) is 12.7. The Labute approximate surface area is 231 Å². The number of aromatic nitrogens is 1. The third-order valence-electron chi connectivity index (χ3n) is 7.00. The summed E-state index contributed by atoms with van der Waals surface area (Å²) < 4.78 is 5.69. The lowest BCUT2D eigenvalue weighted by molar-refractivity contribution is -0.140. The van der Waals surface area contributed by atoms with Crippen LogP contribution in [-0.2, 0) is 27.3 Å². The normalized spacial score (nSPS) is 17.2. The summed E-state index contributed by atoms with van der Waals surface area (Å²) in [4.78, 5) is 42.2. The summed E-state index contributed by atoms with van der Waals surface area (Å²) in [5.74, 6) is -0.941. The largest absolute Gasteiger partial charge is 0.481 e. The fraction of sp³-hybridized carbons (Fsp3) is 0.481. The van der Waals surface area contributed by atoms with E-state index < -0.39 is 12.1 Å². The molecule has 0 radical (unpaired) electrons. The molecule has 1 aliphatic heterocycles. The number of carboxylic acid groups (broad SMARTS) is 1. The number of benzene rings is 1. The number of hydrogen-bond acceptors (Lipinski definition) is 6. The van der Waals surface area contributed by atoms with Crippen molar-refractivity contribution >= 4 is 41.0 Å². The standard InChI is InChI=1S/C27H32Cl2N4O5/c1-2-22(38-26-21(29)10-19(28)14-31-26)25(37)30-13-18-5-3-4-17(8-18)9-23(34)32-20-11-27(12-20)15-33(16-27)7-6-24(35)36/h3-5,8,10,14,20,22H,2,6-7,9,11-13,15-16H2,1H3,(H,30,37)(H,32,34)(H,35,36). The Bertz CT molecular complexity index is 1180. The zero-order valence-electron chi connectivity index (χ0n) is 21.2. The van der Waals surface area contributed by atoms with Crippen LogP contribution in [0.15, 0.2) is 36.5 Å². The Morgan fingerprint density at radius 1 is 1.21 bits per heavy atom. The molecular formula is C27H32Cl2N4O5. The first kappa shape index (κ1) is 28.1. The summed E-state index contributed by atoms with van der Waals surface area (Å²) in [5, 5.41) is 15.4. The van der Waals surface area contributed by atoms with E-state index in [4.69, 9.17) is 33.0 Å². The molecule has 2 fully saturated rings. The van der Waals surface area contributed by atoms with Crippen LogP contribution in [0, 0.1) is 5.41 Å². The van der Waals surface area contributed by atoms with Crippen molar-refractivity contribution in [1.82, 2.24) is 20.5 Å². The monoisotopic (exact) mass is 562 g/mol. The molecule has 1 aromatic heterocycles. The van der Waals surface area contributed by atoms with Crippen LogP contribution in [-0.4, -0.2) is 64.6 Å². The van der Waals surface area contributed by atoms with E-state index in [9.17, 15) is 14.4 Å². The predicted molar refractivity (Wildman–Crippen MR) is 143 cm³/mol. The van der Waals surface area contributed by atoms with Crippen LogP contribution < -0.4 is 15.4 Å². The van der Waals surface area contributed by atoms with Crippen molar-refractivity contribution in [3.63, 3.8) is 0 Å². The summed E-state index contributed by atoms with van der Waals surface area (Å²) in [5.41, 5.74) is 1.98. The lowest BCUT2D eigenvalue weighted by atomic mass is 9.60. The fourth-order valence-electron chi connectivity index (χ4n) is 5.22. The third kappa shape index (κ3) is 7.36. The van der Waals surface area contributed by atoms with Crippen molar-refractivity contribution in [2.75, 3.05) is 19.6 Å². The minimum atomic E-state index is -0.771. The molecule has 1 saturated carbocycles. The molecule has 1 saturated heterocycles. The molecule has 1 aromatic carbocycles. The molecule has 9 nitrogen and oxygen atoms in total. The summed E-state index contributed by atoms with van der Waals surface area (Å²) in [6, 6.07) is 9.24. The molecule has 0 bridgehead atoms. The molecule has 2 aliphatic rings. The Balaban J connectivity index is 1.19. The van der Waals surface area contributed by atoms with Crippen LogP contribution >= 0.6 is 23.2 Å². The highest BCUT2D eigenvalue weighted by Gasteiger charge is 2.52. The number of carbonyl (C=O) groups is 3. The number of rotatable bonds is 12. The maximum atomic E-state index is 12.7. The molecule has 204 valence electrons. The third-order valence-corrected chi connectivity index (χ3v) is 7.48. The van der Waals surface area contributed by atoms with E-state index in [1.807, 2.05) is 31.2 Å². The fourth-order valence-corrected chi connectivity index (χ4v) is 5.65. The number of pyridine rings is 1. The number of likely N-dealkylation sites (tertiary alicyclic amines) is 1. The van der Waals surface area contributed by atoms with Crippen molar-refractivity contribution in [2.45, 2.75) is 57.7 Å². The zero-order chi connectivity index (χ0) is 27.3. The number of nitrogens with one attached hydrogen (secondary N) is 2. The lowest BCUT2D eigenvalue weighted by Crippen LogP contribution is -2.66. The number of amides is 2. The van der Waals surface area contributed by atoms with Gasteiger partial charge in [0.1, 0.15) is 5.02 Å². The molecule has 1 unspecified atom stereocenters. The first-order chi connectivity index (χ1) is 18.1. The quantitative estimate of drug-likeness (QED) is 0.362. The molecule has 2 amide bonds. The second-order valence-corrected chi connectivity index (χ2v) is 11.0. The van der Waals surface area contributed by atoms with E-state index in [1.165, 1.54) is 12.3 Å². The molecule has 38 heavy (non-hydrogen) atoms. The molecule has 1 spiro atoms. The van der Waals surface area contributed by atoms with Crippen LogP contribution in [0.3, 0.4) is 0 Å². The van der Waals surface area contributed by atoms with Crippen molar-refractivity contribution in [1.29, 1.82) is 0 Å². The summed E-state index contributed by atoms with van der Waals surface area (Å²) in [6.07, 6.45) is 3.37. The van der Waals surface area contributed by atoms with Gasteiger partial charge >= 0.3 is 5.97 Å². The SMILES string of the molecule is CCC(Oc1ncc(Cl)cc1Cl)C(=O)NCc1cccc(CC(=O)NC2CC3(C2)CN(CCC(=O)O)C3)c1.